The highest BCUT2D eigenvalue weighted by Gasteiger charge is 2.53. The highest BCUT2D eigenvalue weighted by molar-refractivity contribution is 7.24. The van der Waals surface area contributed by atoms with E-state index in [4.69, 9.17) is 0 Å². The summed E-state index contributed by atoms with van der Waals surface area (Å²) in [5, 5.41) is 11.1. The molecule has 0 bridgehead atoms. The monoisotopic (exact) mass is 738 g/mol. The lowest BCUT2D eigenvalue weighted by molar-refractivity contribution is 1.17. The average molecular weight is 739 g/mol. The number of para-hydroxylation sites is 2. The molecule has 0 atom stereocenters. The van der Waals surface area contributed by atoms with Gasteiger partial charge in [-0.05, 0) is 96.6 Å². The quantitative estimate of drug-likeness (QED) is 0.160. The van der Waals surface area contributed by atoms with Gasteiger partial charge in [-0.2, -0.15) is 0 Å². The Morgan fingerprint density at radius 3 is 1.47 bits per heavy atom. The minimum Gasteiger partial charge on any atom is -0.309 e. The number of hydrogen-bond donors (Lipinski definition) is 0. The van der Waals surface area contributed by atoms with Crippen LogP contribution < -0.4 is 20.7 Å². The second-order valence-corrected chi connectivity index (χ2v) is 19.2. The third-order valence-corrected chi connectivity index (χ3v) is 17.9. The third kappa shape index (κ3) is 3.98. The van der Waals surface area contributed by atoms with Crippen LogP contribution in [-0.4, -0.2) is 17.2 Å². The normalized spacial score (nSPS) is 13.4. The van der Waals surface area contributed by atoms with Crippen LogP contribution in [-0.2, 0) is 0 Å². The summed E-state index contributed by atoms with van der Waals surface area (Å²) in [7, 11) is -2.61. The highest BCUT2D eigenvalue weighted by Crippen LogP contribution is 2.43. The summed E-state index contributed by atoms with van der Waals surface area (Å²) >= 11 is 0. The van der Waals surface area contributed by atoms with Gasteiger partial charge in [-0.1, -0.05) is 164 Å². The van der Waals surface area contributed by atoms with Crippen LogP contribution in [0.3, 0.4) is 0 Å². The molecular formula is C54H34N2Si. The second kappa shape index (κ2) is 11.4. The van der Waals surface area contributed by atoms with E-state index in [0.29, 0.717) is 0 Å². The third-order valence-electron chi connectivity index (χ3n) is 12.9. The summed E-state index contributed by atoms with van der Waals surface area (Å²) < 4.78 is 5.02. The van der Waals surface area contributed by atoms with E-state index >= 15 is 0 Å². The van der Waals surface area contributed by atoms with E-state index in [1.54, 1.807) is 0 Å². The fourth-order valence-electron chi connectivity index (χ4n) is 10.7. The number of fused-ring (bicyclic) bond motifs is 17. The van der Waals surface area contributed by atoms with Crippen LogP contribution in [0.5, 0.6) is 0 Å². The van der Waals surface area contributed by atoms with Gasteiger partial charge < -0.3 is 9.13 Å². The molecule has 2 aliphatic rings. The van der Waals surface area contributed by atoms with E-state index in [9.17, 15) is 0 Å². The molecule has 2 aromatic heterocycles. The smallest absolute Gasteiger partial charge is 0.182 e. The first kappa shape index (κ1) is 31.0. The first-order valence-electron chi connectivity index (χ1n) is 19.9. The van der Waals surface area contributed by atoms with Gasteiger partial charge in [0, 0.05) is 32.9 Å². The van der Waals surface area contributed by atoms with Crippen molar-refractivity contribution in [1.29, 1.82) is 0 Å². The fraction of sp³-hybridized carbons (Fsp3) is 0. The number of nitrogens with zero attached hydrogens (tertiary/aromatic N) is 2. The Bertz CT molecular complexity index is 3400. The Kier molecular flexibility index (Phi) is 6.22. The van der Waals surface area contributed by atoms with Gasteiger partial charge in [-0.3, -0.25) is 0 Å². The zero-order valence-electron chi connectivity index (χ0n) is 31.0. The predicted molar refractivity (Wildman–Crippen MR) is 242 cm³/mol. The molecule has 0 saturated carbocycles. The topological polar surface area (TPSA) is 9.86 Å². The van der Waals surface area contributed by atoms with Gasteiger partial charge in [0.05, 0.1) is 22.1 Å². The lowest BCUT2D eigenvalue weighted by Gasteiger charge is -2.28. The first-order chi connectivity index (χ1) is 28.3. The maximum Gasteiger partial charge on any atom is 0.182 e. The minimum atomic E-state index is -2.61. The molecule has 0 amide bonds. The van der Waals surface area contributed by atoms with Crippen LogP contribution in [0.2, 0.25) is 0 Å². The maximum atomic E-state index is 2.58. The molecule has 4 heterocycles. The van der Waals surface area contributed by atoms with Crippen molar-refractivity contribution in [3.05, 3.63) is 206 Å². The van der Waals surface area contributed by atoms with Crippen molar-refractivity contribution in [2.75, 3.05) is 0 Å². The standard InChI is InChI=1S/C54H34N2Si/c1-2-14-35(15-3-1)36-26-28-37(29-27-36)55-47-22-10-5-20-45(47)53-48(55)33-32-44-39-16-4-9-21-46(39)56(54(44)53)38-30-31-43-42-19-8-13-25-51(42)57(52(43)34-38)49-23-11-6-17-40(49)41-18-7-12-24-50(41)57/h1-34H. The van der Waals surface area contributed by atoms with E-state index < -0.39 is 8.07 Å². The minimum absolute atomic E-state index is 1.16. The van der Waals surface area contributed by atoms with Crippen molar-refractivity contribution >= 4 is 72.4 Å². The second-order valence-electron chi connectivity index (χ2n) is 15.6. The average Bonchev–Trinajstić information content (AvgIpc) is 3.99. The molecule has 57 heavy (non-hydrogen) atoms. The van der Waals surface area contributed by atoms with Crippen LogP contribution in [0, 0.1) is 0 Å². The molecule has 0 radical (unpaired) electrons. The first-order valence-corrected chi connectivity index (χ1v) is 21.9. The Morgan fingerprint density at radius 2 is 0.807 bits per heavy atom. The zero-order chi connectivity index (χ0) is 37.2. The van der Waals surface area contributed by atoms with Crippen LogP contribution >= 0.6 is 0 Å². The molecular weight excluding hydrogens is 705 g/mol. The van der Waals surface area contributed by atoms with Gasteiger partial charge in [-0.25, -0.2) is 0 Å². The predicted octanol–water partition coefficient (Wildman–Crippen LogP) is 10.9. The van der Waals surface area contributed by atoms with Gasteiger partial charge in [0.25, 0.3) is 0 Å². The molecule has 0 aliphatic carbocycles. The Hall–Kier alpha value is -7.20. The largest absolute Gasteiger partial charge is 0.309 e. The number of rotatable bonds is 3. The SMILES string of the molecule is c1ccc(-c2ccc(-n3c4ccccc4c4c3ccc3c5ccccc5n(-c5ccc6c(c5)[Si]5(c7ccccc7-c7ccccc75)c5ccccc5-6)c34)cc2)cc1. The van der Waals surface area contributed by atoms with E-state index in [2.05, 4.69) is 215 Å². The van der Waals surface area contributed by atoms with Crippen molar-refractivity contribution in [3.8, 4) is 44.8 Å². The summed E-state index contributed by atoms with van der Waals surface area (Å²) in [6.07, 6.45) is 0. The Balaban J connectivity index is 1.12. The Labute approximate surface area is 331 Å². The molecule has 0 N–H and O–H groups in total. The molecule has 0 saturated heterocycles. The molecule has 2 nitrogen and oxygen atoms in total. The molecule has 1 spiro atoms. The summed E-state index contributed by atoms with van der Waals surface area (Å²) in [5.41, 5.74) is 15.2. The summed E-state index contributed by atoms with van der Waals surface area (Å²) in [5.74, 6) is 0. The van der Waals surface area contributed by atoms with Gasteiger partial charge in [0.15, 0.2) is 8.07 Å². The molecule has 11 aromatic rings. The Morgan fingerprint density at radius 1 is 0.298 bits per heavy atom. The van der Waals surface area contributed by atoms with Crippen molar-refractivity contribution in [2.24, 2.45) is 0 Å². The lowest BCUT2D eigenvalue weighted by Crippen LogP contribution is -2.70. The van der Waals surface area contributed by atoms with Crippen LogP contribution in [0.4, 0.5) is 0 Å². The molecule has 0 unspecified atom stereocenters. The van der Waals surface area contributed by atoms with Gasteiger partial charge in [-0.15, -0.1) is 0 Å². The summed E-state index contributed by atoms with van der Waals surface area (Å²) in [6.45, 7) is 0. The number of hydrogen-bond acceptors (Lipinski definition) is 0. The van der Waals surface area contributed by atoms with Crippen molar-refractivity contribution in [1.82, 2.24) is 9.13 Å². The highest BCUT2D eigenvalue weighted by atomic mass is 28.3. The fourth-order valence-corrected chi connectivity index (χ4v) is 16.3. The molecule has 9 aromatic carbocycles. The van der Waals surface area contributed by atoms with Crippen molar-refractivity contribution < 1.29 is 0 Å². The van der Waals surface area contributed by atoms with Crippen LogP contribution in [0.25, 0.3) is 88.4 Å². The lowest BCUT2D eigenvalue weighted by atomic mass is 10.1. The van der Waals surface area contributed by atoms with E-state index in [1.807, 2.05) is 0 Å². The van der Waals surface area contributed by atoms with Gasteiger partial charge >= 0.3 is 0 Å². The zero-order valence-corrected chi connectivity index (χ0v) is 32.0. The number of aromatic nitrogens is 2. The molecule has 13 rings (SSSR count). The molecule has 0 fully saturated rings. The van der Waals surface area contributed by atoms with E-state index in [-0.39, 0.29) is 0 Å². The van der Waals surface area contributed by atoms with Crippen LogP contribution in [0.15, 0.2) is 206 Å². The van der Waals surface area contributed by atoms with Gasteiger partial charge in [0.1, 0.15) is 0 Å². The number of benzene rings is 9. The molecule has 3 heteroatoms. The van der Waals surface area contributed by atoms with E-state index in [1.165, 1.54) is 103 Å². The van der Waals surface area contributed by atoms with Crippen molar-refractivity contribution in [2.45, 2.75) is 0 Å². The maximum absolute atomic E-state index is 2.61. The van der Waals surface area contributed by atoms with Crippen LogP contribution in [0.1, 0.15) is 0 Å². The molecule has 2 aliphatic heterocycles. The summed E-state index contributed by atoms with van der Waals surface area (Å²) in [4.78, 5) is 0. The molecule has 264 valence electrons. The van der Waals surface area contributed by atoms with Crippen molar-refractivity contribution in [3.63, 3.8) is 0 Å². The van der Waals surface area contributed by atoms with E-state index in [0.717, 1.165) is 5.69 Å². The van der Waals surface area contributed by atoms with Gasteiger partial charge in [0.2, 0.25) is 0 Å². The summed E-state index contributed by atoms with van der Waals surface area (Å²) in [6, 6.07) is 77.3.